The lowest BCUT2D eigenvalue weighted by molar-refractivity contribution is 0.0992. The minimum Gasteiger partial charge on any atom is -0.493 e. The molecular formula is C28H32N4O3. The van der Waals surface area contributed by atoms with Gasteiger partial charge in [0.1, 0.15) is 23.0 Å². The Morgan fingerprint density at radius 1 is 1.06 bits per heavy atom. The van der Waals surface area contributed by atoms with Crippen molar-refractivity contribution in [2.45, 2.75) is 38.6 Å². The van der Waals surface area contributed by atoms with Gasteiger partial charge in [-0.2, -0.15) is 0 Å². The van der Waals surface area contributed by atoms with Gasteiger partial charge in [-0.25, -0.2) is 4.98 Å². The van der Waals surface area contributed by atoms with Crippen LogP contribution in [0.5, 0.6) is 17.2 Å². The highest BCUT2D eigenvalue weighted by Gasteiger charge is 2.37. The van der Waals surface area contributed by atoms with Gasteiger partial charge < -0.3 is 24.7 Å². The van der Waals surface area contributed by atoms with Crippen LogP contribution in [-0.2, 0) is 6.54 Å². The number of para-hydroxylation sites is 1. The molecule has 0 saturated carbocycles. The molecule has 1 unspecified atom stereocenters. The first-order chi connectivity index (χ1) is 17.1. The highest BCUT2D eigenvalue weighted by molar-refractivity contribution is 5.97. The maximum absolute atomic E-state index is 12.6. The molecule has 5 rings (SSSR count). The molecule has 2 N–H and O–H groups in total. The Labute approximate surface area is 206 Å². The average molecular weight is 473 g/mol. The zero-order chi connectivity index (χ0) is 24.4. The summed E-state index contributed by atoms with van der Waals surface area (Å²) in [5.74, 6) is 3.33. The van der Waals surface area contributed by atoms with Crippen LogP contribution in [0.25, 0.3) is 11.3 Å². The molecular weight excluding hydrogens is 440 g/mol. The number of nitrogens with two attached hydrogens (primary N) is 1. The summed E-state index contributed by atoms with van der Waals surface area (Å²) in [7, 11) is 1.61. The Kier molecular flexibility index (Phi) is 6.49. The highest BCUT2D eigenvalue weighted by atomic mass is 16.5. The van der Waals surface area contributed by atoms with E-state index in [0.717, 1.165) is 56.0 Å². The number of benzene rings is 2. The molecule has 1 saturated heterocycles. The fourth-order valence-electron chi connectivity index (χ4n) is 5.47. The minimum absolute atomic E-state index is 0.345. The lowest BCUT2D eigenvalue weighted by atomic mass is 9.83. The summed E-state index contributed by atoms with van der Waals surface area (Å²) < 4.78 is 13.7. The molecule has 0 bridgehead atoms. The van der Waals surface area contributed by atoms with Crippen molar-refractivity contribution in [1.82, 2.24) is 14.5 Å². The molecule has 3 aromatic rings. The zero-order valence-electron chi connectivity index (χ0n) is 20.3. The fraction of sp³-hybridized carbons (Fsp3) is 0.357. The van der Waals surface area contributed by atoms with E-state index in [-0.39, 0.29) is 0 Å². The molecule has 0 aliphatic carbocycles. The van der Waals surface area contributed by atoms with E-state index in [0.29, 0.717) is 34.7 Å². The first kappa shape index (κ1) is 23.0. The van der Waals surface area contributed by atoms with Crippen molar-refractivity contribution >= 4 is 5.91 Å². The second-order valence-corrected chi connectivity index (χ2v) is 9.21. The molecule has 7 nitrogen and oxygen atoms in total. The Bertz CT molecular complexity index is 1230. The SMILES string of the molecule is CC=CN1CCC(C2CCn3c2nc(-c2ccc(Oc4ccccc4)c(OC)c2)c3C(N)=O)CC1. The Morgan fingerprint density at radius 2 is 1.83 bits per heavy atom. The van der Waals surface area contributed by atoms with Crippen LogP contribution in [0, 0.1) is 5.92 Å². The van der Waals surface area contributed by atoms with E-state index in [1.165, 1.54) is 0 Å². The van der Waals surface area contributed by atoms with Gasteiger partial charge in [-0.15, -0.1) is 0 Å². The smallest absolute Gasteiger partial charge is 0.267 e. The number of nitrogens with zero attached hydrogens (tertiary/aromatic N) is 3. The first-order valence-corrected chi connectivity index (χ1v) is 12.3. The van der Waals surface area contributed by atoms with Crippen LogP contribution < -0.4 is 15.2 Å². The molecule has 182 valence electrons. The third-order valence-corrected chi connectivity index (χ3v) is 7.14. The molecule has 0 radical (unpaired) electrons. The molecule has 7 heteroatoms. The van der Waals surface area contributed by atoms with Gasteiger partial charge in [0.05, 0.1) is 7.11 Å². The molecule has 2 aliphatic heterocycles. The van der Waals surface area contributed by atoms with Crippen LogP contribution >= 0.6 is 0 Å². The van der Waals surface area contributed by atoms with E-state index < -0.39 is 5.91 Å². The normalized spacial score (nSPS) is 18.1. The van der Waals surface area contributed by atoms with Crippen molar-refractivity contribution in [2.75, 3.05) is 20.2 Å². The zero-order valence-corrected chi connectivity index (χ0v) is 20.3. The van der Waals surface area contributed by atoms with Crippen LogP contribution in [0.15, 0.2) is 60.8 Å². The molecule has 2 aliphatic rings. The molecule has 3 heterocycles. The second-order valence-electron chi connectivity index (χ2n) is 9.21. The number of imidazole rings is 1. The van der Waals surface area contributed by atoms with Crippen molar-refractivity contribution in [2.24, 2.45) is 11.7 Å². The number of ether oxygens (including phenoxy) is 2. The summed E-state index contributed by atoms with van der Waals surface area (Å²) >= 11 is 0. The van der Waals surface area contributed by atoms with E-state index in [1.54, 1.807) is 7.11 Å². The summed E-state index contributed by atoms with van der Waals surface area (Å²) in [6.45, 7) is 4.94. The Balaban J connectivity index is 1.45. The summed E-state index contributed by atoms with van der Waals surface area (Å²) in [5, 5.41) is 0. The lowest BCUT2D eigenvalue weighted by Gasteiger charge is -2.33. The maximum atomic E-state index is 12.6. The number of fused-ring (bicyclic) bond motifs is 1. The summed E-state index contributed by atoms with van der Waals surface area (Å²) in [5.41, 5.74) is 7.77. The summed E-state index contributed by atoms with van der Waals surface area (Å²) in [6.07, 6.45) is 7.53. The van der Waals surface area contributed by atoms with Gasteiger partial charge in [-0.1, -0.05) is 24.3 Å². The molecule has 1 atom stereocenters. The number of aromatic nitrogens is 2. The van der Waals surface area contributed by atoms with Crippen LogP contribution in [0.3, 0.4) is 0 Å². The largest absolute Gasteiger partial charge is 0.493 e. The number of carbonyl (C=O) groups excluding carboxylic acids is 1. The summed E-state index contributed by atoms with van der Waals surface area (Å²) in [4.78, 5) is 20.0. The van der Waals surface area contributed by atoms with Gasteiger partial charge in [0.2, 0.25) is 0 Å². The van der Waals surface area contributed by atoms with E-state index in [4.69, 9.17) is 20.2 Å². The third kappa shape index (κ3) is 4.50. The van der Waals surface area contributed by atoms with Gasteiger partial charge in [0, 0.05) is 31.1 Å². The highest BCUT2D eigenvalue weighted by Crippen LogP contribution is 2.43. The standard InChI is InChI=1S/C28H32N4O3/c1-3-14-31-15-11-19(12-16-31)22-13-17-32-26(27(29)33)25(30-28(22)32)20-9-10-23(24(18-20)34-2)35-21-7-5-4-6-8-21/h3-10,14,18-19,22H,11-13,15-17H2,1-2H3,(H2,29,33). The van der Waals surface area contributed by atoms with Gasteiger partial charge in [-0.3, -0.25) is 4.79 Å². The molecule has 2 aromatic carbocycles. The van der Waals surface area contributed by atoms with Gasteiger partial charge in [-0.05, 0) is 68.6 Å². The number of primary amides is 1. The van der Waals surface area contributed by atoms with Gasteiger partial charge >= 0.3 is 0 Å². The predicted molar refractivity (Wildman–Crippen MR) is 136 cm³/mol. The number of hydrogen-bond acceptors (Lipinski definition) is 5. The summed E-state index contributed by atoms with van der Waals surface area (Å²) in [6, 6.07) is 15.2. The van der Waals surface area contributed by atoms with E-state index in [2.05, 4.69) is 24.1 Å². The lowest BCUT2D eigenvalue weighted by Crippen LogP contribution is -2.31. The van der Waals surface area contributed by atoms with Crippen molar-refractivity contribution in [1.29, 1.82) is 0 Å². The van der Waals surface area contributed by atoms with E-state index in [9.17, 15) is 4.79 Å². The minimum atomic E-state index is -0.453. The maximum Gasteiger partial charge on any atom is 0.267 e. The van der Waals surface area contributed by atoms with Crippen LogP contribution in [0.1, 0.15) is 48.4 Å². The number of amides is 1. The predicted octanol–water partition coefficient (Wildman–Crippen LogP) is 5.18. The van der Waals surface area contributed by atoms with Crippen molar-refractivity contribution in [3.05, 3.63) is 72.3 Å². The molecule has 1 fully saturated rings. The molecule has 1 amide bonds. The van der Waals surface area contributed by atoms with Crippen LogP contribution in [0.4, 0.5) is 0 Å². The van der Waals surface area contributed by atoms with Crippen molar-refractivity contribution in [3.8, 4) is 28.5 Å². The third-order valence-electron chi connectivity index (χ3n) is 7.14. The second kappa shape index (κ2) is 9.86. The van der Waals surface area contributed by atoms with Crippen LogP contribution in [0.2, 0.25) is 0 Å². The number of carbonyl (C=O) groups is 1. The monoisotopic (exact) mass is 472 g/mol. The van der Waals surface area contributed by atoms with Crippen molar-refractivity contribution in [3.63, 3.8) is 0 Å². The Hall–Kier alpha value is -3.74. The first-order valence-electron chi connectivity index (χ1n) is 12.3. The topological polar surface area (TPSA) is 82.6 Å². The number of allylic oxidation sites excluding steroid dienone is 1. The number of rotatable bonds is 7. The van der Waals surface area contributed by atoms with Gasteiger partial charge in [0.15, 0.2) is 11.5 Å². The van der Waals surface area contributed by atoms with E-state index in [1.807, 2.05) is 53.1 Å². The number of hydrogen-bond donors (Lipinski definition) is 1. The average Bonchev–Trinajstić information content (AvgIpc) is 3.45. The molecule has 35 heavy (non-hydrogen) atoms. The number of piperidine rings is 1. The number of methoxy groups -OCH3 is 1. The van der Waals surface area contributed by atoms with Gasteiger partial charge in [0.25, 0.3) is 5.91 Å². The fourth-order valence-corrected chi connectivity index (χ4v) is 5.47. The molecule has 1 aromatic heterocycles. The Morgan fingerprint density at radius 3 is 2.51 bits per heavy atom. The molecule has 0 spiro atoms. The number of likely N-dealkylation sites (tertiary alicyclic amines) is 1. The van der Waals surface area contributed by atoms with Crippen molar-refractivity contribution < 1.29 is 14.3 Å². The quantitative estimate of drug-likeness (QED) is 0.512. The van der Waals surface area contributed by atoms with Crippen LogP contribution in [-0.4, -0.2) is 40.6 Å². The van der Waals surface area contributed by atoms with E-state index >= 15 is 0 Å².